The second-order valence-electron chi connectivity index (χ2n) is 9.68. The van der Waals surface area contributed by atoms with Crippen LogP contribution < -0.4 is 14.2 Å². The quantitative estimate of drug-likeness (QED) is 0.269. The lowest BCUT2D eigenvalue weighted by Gasteiger charge is -2.17. The van der Waals surface area contributed by atoms with Crippen molar-refractivity contribution in [1.82, 2.24) is 14.5 Å². The Labute approximate surface area is 240 Å². The van der Waals surface area contributed by atoms with Gasteiger partial charge >= 0.3 is 5.97 Å². The molecule has 42 heavy (non-hydrogen) atoms. The molecule has 1 aliphatic rings. The minimum absolute atomic E-state index is 0.157. The van der Waals surface area contributed by atoms with Crippen LogP contribution in [0.1, 0.15) is 32.9 Å². The number of nitrogens with zero attached hydrogens (tertiary/aromatic N) is 4. The van der Waals surface area contributed by atoms with Crippen molar-refractivity contribution < 1.29 is 28.1 Å². The third-order valence-corrected chi connectivity index (χ3v) is 7.06. The number of hydrogen-bond donors (Lipinski definition) is 0. The van der Waals surface area contributed by atoms with E-state index in [2.05, 4.69) is 11.1 Å². The van der Waals surface area contributed by atoms with Gasteiger partial charge in [0.05, 0.1) is 41.0 Å². The van der Waals surface area contributed by atoms with E-state index in [9.17, 15) is 10.1 Å². The zero-order valence-corrected chi connectivity index (χ0v) is 22.9. The average Bonchev–Trinajstić information content (AvgIpc) is 3.32. The molecule has 1 aliphatic heterocycles. The van der Waals surface area contributed by atoms with Crippen LogP contribution in [0.2, 0.25) is 0 Å². The van der Waals surface area contributed by atoms with Crippen molar-refractivity contribution in [2.24, 2.45) is 7.05 Å². The standard InChI is InChI=1S/C32H25FN4O5/c1-37-27-14-20(32(38)39-2)8-9-26(27)35-30(37)15-22-13-24(33)23-16-29(22)41-11-10-40-28-12-19(17-34)6-7-21(28)18-42-31-5-3-4-25(23)36-31/h3-9,12-14,16H,10-11,15,18H2,1-2H3. The first-order valence-corrected chi connectivity index (χ1v) is 13.2. The molecular weight excluding hydrogens is 539 g/mol. The second-order valence-corrected chi connectivity index (χ2v) is 9.68. The molecule has 3 aromatic carbocycles. The highest BCUT2D eigenvalue weighted by Gasteiger charge is 2.19. The summed E-state index contributed by atoms with van der Waals surface area (Å²) in [5.41, 5.74) is 4.29. The van der Waals surface area contributed by atoms with E-state index in [0.29, 0.717) is 51.1 Å². The molecule has 9 nitrogen and oxygen atoms in total. The SMILES string of the molecule is COC(=O)c1ccc2nc(Cc3cc(F)c4cc3OCCOc3cc(C#N)ccc3COc3cccc-4n3)n(C)c2c1. The number of benzene rings is 3. The Bertz CT molecular complexity index is 1880. The lowest BCUT2D eigenvalue weighted by molar-refractivity contribution is 0.0601. The number of carbonyl (C=O) groups is 1. The first-order chi connectivity index (χ1) is 20.4. The fourth-order valence-electron chi connectivity index (χ4n) is 4.85. The molecule has 4 bridgehead atoms. The number of aryl methyl sites for hydroxylation is 1. The summed E-state index contributed by atoms with van der Waals surface area (Å²) in [4.78, 5) is 21.3. The summed E-state index contributed by atoms with van der Waals surface area (Å²) in [6, 6.07) is 20.6. The van der Waals surface area contributed by atoms with E-state index in [-0.39, 0.29) is 31.8 Å². The van der Waals surface area contributed by atoms with Gasteiger partial charge in [0.1, 0.15) is 43.0 Å². The summed E-state index contributed by atoms with van der Waals surface area (Å²) in [7, 11) is 3.17. The number of carbonyl (C=O) groups excluding carboxylic acids is 1. The fraction of sp³-hybridized carbons (Fsp3) is 0.188. The molecule has 10 heteroatoms. The molecule has 0 fully saturated rings. The van der Waals surface area contributed by atoms with Gasteiger partial charge in [-0.2, -0.15) is 5.26 Å². The number of halogens is 1. The fourth-order valence-corrected chi connectivity index (χ4v) is 4.85. The number of aromatic nitrogens is 3. The molecular formula is C32H25FN4O5. The number of hydrogen-bond acceptors (Lipinski definition) is 8. The van der Waals surface area contributed by atoms with Crippen molar-refractivity contribution in [3.05, 3.63) is 101 Å². The topological polar surface area (TPSA) is 108 Å². The molecule has 0 saturated carbocycles. The van der Waals surface area contributed by atoms with Crippen LogP contribution in [0, 0.1) is 17.1 Å². The molecule has 0 unspecified atom stereocenters. The van der Waals surface area contributed by atoms with Crippen LogP contribution in [0.15, 0.2) is 66.7 Å². The van der Waals surface area contributed by atoms with E-state index < -0.39 is 11.8 Å². The smallest absolute Gasteiger partial charge is 0.337 e. The summed E-state index contributed by atoms with van der Waals surface area (Å²) >= 11 is 0. The van der Waals surface area contributed by atoms with Crippen molar-refractivity contribution in [1.29, 1.82) is 5.26 Å². The summed E-state index contributed by atoms with van der Waals surface area (Å²) in [6.45, 7) is 0.498. The number of pyridine rings is 1. The Balaban J connectivity index is 1.38. The van der Waals surface area contributed by atoms with E-state index in [4.69, 9.17) is 23.9 Å². The second kappa shape index (κ2) is 11.2. The molecule has 210 valence electrons. The van der Waals surface area contributed by atoms with Gasteiger partial charge in [-0.3, -0.25) is 0 Å². The maximum Gasteiger partial charge on any atom is 0.337 e. The molecule has 0 atom stereocenters. The van der Waals surface area contributed by atoms with Crippen LogP contribution in [0.4, 0.5) is 4.39 Å². The summed E-state index contributed by atoms with van der Waals surface area (Å²) < 4.78 is 40.4. The molecule has 2 aromatic heterocycles. The average molecular weight is 565 g/mol. The molecule has 5 aromatic rings. The molecule has 0 saturated heterocycles. The Morgan fingerprint density at radius 3 is 2.67 bits per heavy atom. The lowest BCUT2D eigenvalue weighted by atomic mass is 10.0. The largest absolute Gasteiger partial charge is 0.490 e. The van der Waals surface area contributed by atoms with Gasteiger partial charge < -0.3 is 23.5 Å². The van der Waals surface area contributed by atoms with E-state index in [1.807, 2.05) is 11.6 Å². The van der Waals surface area contributed by atoms with E-state index in [1.54, 1.807) is 60.7 Å². The van der Waals surface area contributed by atoms with Crippen molar-refractivity contribution in [2.45, 2.75) is 13.0 Å². The number of fused-ring (bicyclic) bond motifs is 7. The van der Waals surface area contributed by atoms with Gasteiger partial charge in [0.15, 0.2) is 0 Å². The predicted molar refractivity (Wildman–Crippen MR) is 151 cm³/mol. The zero-order chi connectivity index (χ0) is 29.2. The predicted octanol–water partition coefficient (Wildman–Crippen LogP) is 5.37. The third-order valence-electron chi connectivity index (χ3n) is 7.06. The monoisotopic (exact) mass is 564 g/mol. The normalized spacial score (nSPS) is 12.6. The number of imidazole rings is 1. The summed E-state index contributed by atoms with van der Waals surface area (Å²) in [5.74, 6) is 1.03. The van der Waals surface area contributed by atoms with Gasteiger partial charge in [0.2, 0.25) is 5.88 Å². The molecule has 6 rings (SSSR count). The van der Waals surface area contributed by atoms with Crippen molar-refractivity contribution >= 4 is 17.0 Å². The molecule has 0 aliphatic carbocycles. The van der Waals surface area contributed by atoms with E-state index in [1.165, 1.54) is 13.2 Å². The number of nitriles is 1. The number of methoxy groups -OCH3 is 1. The Morgan fingerprint density at radius 2 is 1.86 bits per heavy atom. The first-order valence-electron chi connectivity index (χ1n) is 13.2. The van der Waals surface area contributed by atoms with Crippen LogP contribution >= 0.6 is 0 Å². The van der Waals surface area contributed by atoms with Gasteiger partial charge in [-0.15, -0.1) is 0 Å². The van der Waals surface area contributed by atoms with Gasteiger partial charge in [-0.05, 0) is 48.5 Å². The van der Waals surface area contributed by atoms with Crippen LogP contribution in [-0.4, -0.2) is 40.8 Å². The Kier molecular flexibility index (Phi) is 7.15. The highest BCUT2D eigenvalue weighted by Crippen LogP contribution is 2.33. The van der Waals surface area contributed by atoms with Crippen LogP contribution in [0.5, 0.6) is 17.4 Å². The maximum atomic E-state index is 15.6. The van der Waals surface area contributed by atoms with Crippen molar-refractivity contribution in [3.8, 4) is 34.7 Å². The number of ether oxygens (including phenoxy) is 4. The highest BCUT2D eigenvalue weighted by atomic mass is 19.1. The number of rotatable bonds is 3. The lowest BCUT2D eigenvalue weighted by Crippen LogP contribution is -2.13. The van der Waals surface area contributed by atoms with Crippen LogP contribution in [0.3, 0.4) is 0 Å². The van der Waals surface area contributed by atoms with Crippen molar-refractivity contribution in [3.63, 3.8) is 0 Å². The van der Waals surface area contributed by atoms with Gasteiger partial charge in [-0.1, -0.05) is 12.1 Å². The van der Waals surface area contributed by atoms with Gasteiger partial charge in [-0.25, -0.2) is 19.2 Å². The Morgan fingerprint density at radius 1 is 1.02 bits per heavy atom. The molecule has 0 radical (unpaired) electrons. The molecule has 0 spiro atoms. The van der Waals surface area contributed by atoms with Crippen molar-refractivity contribution in [2.75, 3.05) is 20.3 Å². The van der Waals surface area contributed by atoms with Gasteiger partial charge in [0, 0.05) is 36.2 Å². The van der Waals surface area contributed by atoms with Crippen LogP contribution in [0.25, 0.3) is 22.3 Å². The minimum atomic E-state index is -0.466. The van der Waals surface area contributed by atoms with Crippen LogP contribution in [-0.2, 0) is 24.8 Å². The highest BCUT2D eigenvalue weighted by molar-refractivity contribution is 5.93. The summed E-state index contributed by atoms with van der Waals surface area (Å²) in [5, 5.41) is 9.35. The molecule has 0 N–H and O–H groups in total. The molecule has 3 heterocycles. The molecule has 0 amide bonds. The van der Waals surface area contributed by atoms with E-state index >= 15 is 4.39 Å². The minimum Gasteiger partial charge on any atom is -0.490 e. The summed E-state index contributed by atoms with van der Waals surface area (Å²) in [6.07, 6.45) is 0.261. The maximum absolute atomic E-state index is 15.6. The third kappa shape index (κ3) is 5.20. The zero-order valence-electron chi connectivity index (χ0n) is 22.9. The van der Waals surface area contributed by atoms with Gasteiger partial charge in [0.25, 0.3) is 0 Å². The van der Waals surface area contributed by atoms with E-state index in [0.717, 1.165) is 11.1 Å². The Hall–Kier alpha value is -5.43. The number of esters is 1. The first kappa shape index (κ1) is 26.8.